The number of halogens is 1. The molecule has 1 aliphatic heterocycles. The maximum absolute atomic E-state index is 14.0. The lowest BCUT2D eigenvalue weighted by Crippen LogP contribution is -2.33. The van der Waals surface area contributed by atoms with E-state index in [1.54, 1.807) is 0 Å². The Bertz CT molecular complexity index is 495. The molecule has 108 valence electrons. The summed E-state index contributed by atoms with van der Waals surface area (Å²) in [5.74, 6) is 5.90. The quantitative estimate of drug-likeness (QED) is 0.857. The topological polar surface area (TPSA) is 23.5 Å². The third-order valence-corrected chi connectivity index (χ3v) is 4.04. The van der Waals surface area contributed by atoms with Crippen molar-refractivity contribution in [2.75, 3.05) is 19.7 Å². The van der Waals surface area contributed by atoms with Gasteiger partial charge in [0.05, 0.1) is 0 Å². The zero-order valence-corrected chi connectivity index (χ0v) is 12.0. The van der Waals surface area contributed by atoms with Gasteiger partial charge in [-0.05, 0) is 44.0 Å². The monoisotopic (exact) mass is 275 g/mol. The van der Waals surface area contributed by atoms with Crippen LogP contribution < -0.4 is 0 Å². The molecule has 0 spiro atoms. The van der Waals surface area contributed by atoms with Gasteiger partial charge in [-0.2, -0.15) is 0 Å². The average molecular weight is 275 g/mol. The second-order valence-electron chi connectivity index (χ2n) is 5.39. The highest BCUT2D eigenvalue weighted by molar-refractivity contribution is 5.37. The average Bonchev–Trinajstić information content (AvgIpc) is 2.48. The first-order valence-electron chi connectivity index (χ1n) is 7.33. The number of aliphatic hydroxyl groups is 1. The van der Waals surface area contributed by atoms with Crippen LogP contribution in [-0.4, -0.2) is 29.7 Å². The normalized spacial score (nSPS) is 16.8. The minimum atomic E-state index is -0.202. The van der Waals surface area contributed by atoms with Crippen LogP contribution >= 0.6 is 0 Å². The number of piperidine rings is 1. The van der Waals surface area contributed by atoms with E-state index in [4.69, 9.17) is 5.11 Å². The smallest absolute Gasteiger partial charge is 0.128 e. The van der Waals surface area contributed by atoms with Crippen molar-refractivity contribution in [1.29, 1.82) is 0 Å². The Hall–Kier alpha value is -1.37. The molecule has 20 heavy (non-hydrogen) atoms. The number of benzene rings is 1. The predicted octanol–water partition coefficient (Wildman–Crippen LogP) is 2.79. The summed E-state index contributed by atoms with van der Waals surface area (Å²) in [6.07, 6.45) is 3.69. The molecule has 2 nitrogen and oxygen atoms in total. The molecule has 0 atom stereocenters. The Morgan fingerprint density at radius 3 is 2.70 bits per heavy atom. The molecule has 1 aliphatic rings. The van der Waals surface area contributed by atoms with Crippen LogP contribution in [0, 0.1) is 23.6 Å². The molecule has 1 N–H and O–H groups in total. The van der Waals surface area contributed by atoms with Crippen LogP contribution in [0.1, 0.15) is 37.3 Å². The first-order chi connectivity index (χ1) is 9.72. The van der Waals surface area contributed by atoms with Crippen molar-refractivity contribution in [3.05, 3.63) is 35.1 Å². The maximum Gasteiger partial charge on any atom is 0.128 e. The van der Waals surface area contributed by atoms with E-state index in [-0.39, 0.29) is 12.4 Å². The summed E-state index contributed by atoms with van der Waals surface area (Å²) in [6, 6.07) is 5.08. The van der Waals surface area contributed by atoms with E-state index in [1.165, 1.54) is 25.3 Å². The highest BCUT2D eigenvalue weighted by Crippen LogP contribution is 2.22. The van der Waals surface area contributed by atoms with E-state index in [9.17, 15) is 4.39 Å². The highest BCUT2D eigenvalue weighted by Gasteiger charge is 2.18. The summed E-state index contributed by atoms with van der Waals surface area (Å²) in [5.41, 5.74) is 1.35. The van der Waals surface area contributed by atoms with Gasteiger partial charge in [0.15, 0.2) is 0 Å². The van der Waals surface area contributed by atoms with Gasteiger partial charge in [-0.3, -0.25) is 4.90 Å². The van der Waals surface area contributed by atoms with Gasteiger partial charge >= 0.3 is 0 Å². The maximum atomic E-state index is 14.0. The van der Waals surface area contributed by atoms with Crippen molar-refractivity contribution in [3.63, 3.8) is 0 Å². The first-order valence-corrected chi connectivity index (χ1v) is 7.33. The molecule has 0 amide bonds. The minimum absolute atomic E-state index is 0.199. The summed E-state index contributed by atoms with van der Waals surface area (Å²) in [5, 5.41) is 8.64. The molecule has 0 bridgehead atoms. The van der Waals surface area contributed by atoms with Crippen molar-refractivity contribution in [1.82, 2.24) is 4.90 Å². The SMILES string of the molecule is CCC1CCN(Cc2ccc(C#CCO)cc2F)CC1. The van der Waals surface area contributed by atoms with Gasteiger partial charge in [0.2, 0.25) is 0 Å². The molecule has 1 heterocycles. The number of likely N-dealkylation sites (tertiary alicyclic amines) is 1. The molecule has 0 unspecified atom stereocenters. The van der Waals surface area contributed by atoms with Crippen LogP contribution in [0.25, 0.3) is 0 Å². The lowest BCUT2D eigenvalue weighted by atomic mass is 9.94. The van der Waals surface area contributed by atoms with Crippen LogP contribution in [0.5, 0.6) is 0 Å². The molecule has 2 rings (SSSR count). The van der Waals surface area contributed by atoms with E-state index in [0.29, 0.717) is 12.1 Å². The van der Waals surface area contributed by atoms with Crippen molar-refractivity contribution >= 4 is 0 Å². The van der Waals surface area contributed by atoms with Gasteiger partial charge in [-0.25, -0.2) is 4.39 Å². The summed E-state index contributed by atoms with van der Waals surface area (Å²) < 4.78 is 14.0. The van der Waals surface area contributed by atoms with Crippen LogP contribution in [0.15, 0.2) is 18.2 Å². The third kappa shape index (κ3) is 4.06. The molecule has 0 aromatic heterocycles. The van der Waals surface area contributed by atoms with Crippen LogP contribution in [0.4, 0.5) is 4.39 Å². The zero-order valence-electron chi connectivity index (χ0n) is 12.0. The standard InChI is InChI=1S/C17H22FNO/c1-2-14-7-9-19(10-8-14)13-16-6-5-15(4-3-11-20)12-17(16)18/h5-6,12,14,20H,2,7-11,13H2,1H3. The lowest BCUT2D eigenvalue weighted by molar-refractivity contribution is 0.173. The summed E-state index contributed by atoms with van der Waals surface area (Å²) in [4.78, 5) is 2.32. The number of nitrogens with zero attached hydrogens (tertiary/aromatic N) is 1. The van der Waals surface area contributed by atoms with E-state index in [1.807, 2.05) is 12.1 Å². The van der Waals surface area contributed by atoms with Crippen molar-refractivity contribution in [2.45, 2.75) is 32.7 Å². The molecule has 0 radical (unpaired) electrons. The molecule has 1 fully saturated rings. The molecule has 0 saturated carbocycles. The van der Waals surface area contributed by atoms with Gasteiger partial charge in [0, 0.05) is 17.7 Å². The molecular weight excluding hydrogens is 253 g/mol. The minimum Gasteiger partial charge on any atom is -0.384 e. The summed E-state index contributed by atoms with van der Waals surface area (Å²) in [6.45, 7) is 4.84. The van der Waals surface area contributed by atoms with Crippen LogP contribution in [0.2, 0.25) is 0 Å². The largest absolute Gasteiger partial charge is 0.384 e. The Balaban J connectivity index is 1.96. The second-order valence-corrected chi connectivity index (χ2v) is 5.39. The molecular formula is C17H22FNO. The third-order valence-electron chi connectivity index (χ3n) is 4.04. The summed E-state index contributed by atoms with van der Waals surface area (Å²) >= 11 is 0. The Kier molecular flexibility index (Phi) is 5.58. The number of hydrogen-bond acceptors (Lipinski definition) is 2. The molecule has 1 aromatic carbocycles. The van der Waals surface area contributed by atoms with Gasteiger partial charge in [-0.15, -0.1) is 0 Å². The Labute approximate surface area is 120 Å². The van der Waals surface area contributed by atoms with E-state index in [0.717, 1.165) is 24.6 Å². The fourth-order valence-electron chi connectivity index (χ4n) is 2.69. The fraction of sp³-hybridized carbons (Fsp3) is 0.529. The predicted molar refractivity (Wildman–Crippen MR) is 78.7 cm³/mol. The molecule has 1 saturated heterocycles. The zero-order chi connectivity index (χ0) is 14.4. The number of hydrogen-bond donors (Lipinski definition) is 1. The van der Waals surface area contributed by atoms with Gasteiger partial charge in [0.25, 0.3) is 0 Å². The van der Waals surface area contributed by atoms with Gasteiger partial charge < -0.3 is 5.11 Å². The Morgan fingerprint density at radius 1 is 1.35 bits per heavy atom. The van der Waals surface area contributed by atoms with E-state index < -0.39 is 0 Å². The first kappa shape index (κ1) is 15.0. The van der Waals surface area contributed by atoms with Crippen molar-refractivity contribution in [2.24, 2.45) is 5.92 Å². The van der Waals surface area contributed by atoms with Gasteiger partial charge in [0.1, 0.15) is 12.4 Å². The summed E-state index contributed by atoms with van der Waals surface area (Å²) in [7, 11) is 0. The fourth-order valence-corrected chi connectivity index (χ4v) is 2.69. The molecule has 3 heteroatoms. The highest BCUT2D eigenvalue weighted by atomic mass is 19.1. The number of aliphatic hydroxyl groups excluding tert-OH is 1. The molecule has 0 aliphatic carbocycles. The molecule has 1 aromatic rings. The van der Waals surface area contributed by atoms with E-state index >= 15 is 0 Å². The van der Waals surface area contributed by atoms with Crippen LogP contribution in [-0.2, 0) is 6.54 Å². The Morgan fingerprint density at radius 2 is 2.10 bits per heavy atom. The van der Waals surface area contributed by atoms with Crippen molar-refractivity contribution in [3.8, 4) is 11.8 Å². The number of rotatable bonds is 3. The van der Waals surface area contributed by atoms with E-state index in [2.05, 4.69) is 23.7 Å². The second kappa shape index (κ2) is 7.42. The van der Waals surface area contributed by atoms with Gasteiger partial charge in [-0.1, -0.05) is 31.3 Å². The van der Waals surface area contributed by atoms with Crippen LogP contribution in [0.3, 0.4) is 0 Å². The lowest BCUT2D eigenvalue weighted by Gasteiger charge is -2.31. The van der Waals surface area contributed by atoms with Crippen molar-refractivity contribution < 1.29 is 9.50 Å².